The molecule has 1 amide bonds. The SMILES string of the molecule is O=C1C(c2ccccc2)=C2CCCCC2N1c1ccc(OCCN2CCOCC2)cc1. The maximum absolute atomic E-state index is 13.5. The van der Waals surface area contributed by atoms with Gasteiger partial charge in [0.1, 0.15) is 12.4 Å². The van der Waals surface area contributed by atoms with Gasteiger partial charge in [-0.2, -0.15) is 0 Å². The van der Waals surface area contributed by atoms with Gasteiger partial charge in [-0.05, 0) is 54.7 Å². The molecule has 1 saturated carbocycles. The Morgan fingerprint density at radius 2 is 1.74 bits per heavy atom. The molecule has 2 aliphatic heterocycles. The number of fused-ring (bicyclic) bond motifs is 1. The smallest absolute Gasteiger partial charge is 0.259 e. The van der Waals surface area contributed by atoms with E-state index in [0.717, 1.165) is 68.3 Å². The lowest BCUT2D eigenvalue weighted by Crippen LogP contribution is -2.38. The minimum atomic E-state index is 0.133. The second-order valence-electron chi connectivity index (χ2n) is 8.50. The Labute approximate surface area is 184 Å². The van der Waals surface area contributed by atoms with Crippen molar-refractivity contribution in [3.8, 4) is 5.75 Å². The van der Waals surface area contributed by atoms with Crippen LogP contribution in [0, 0.1) is 0 Å². The molecule has 31 heavy (non-hydrogen) atoms. The molecule has 0 N–H and O–H groups in total. The predicted octanol–water partition coefficient (Wildman–Crippen LogP) is 4.14. The molecule has 5 rings (SSSR count). The van der Waals surface area contributed by atoms with Gasteiger partial charge in [0.05, 0.1) is 19.3 Å². The van der Waals surface area contributed by atoms with Crippen molar-refractivity contribution in [3.63, 3.8) is 0 Å². The zero-order valence-electron chi connectivity index (χ0n) is 18.0. The first-order chi connectivity index (χ1) is 15.3. The highest BCUT2D eigenvalue weighted by Gasteiger charge is 2.41. The summed E-state index contributed by atoms with van der Waals surface area (Å²) in [5.74, 6) is 0.984. The maximum Gasteiger partial charge on any atom is 0.259 e. The molecule has 0 radical (unpaired) electrons. The monoisotopic (exact) mass is 418 g/mol. The summed E-state index contributed by atoms with van der Waals surface area (Å²) in [5, 5.41) is 0. The van der Waals surface area contributed by atoms with Crippen molar-refractivity contribution in [3.05, 3.63) is 65.7 Å². The third-order valence-electron chi connectivity index (χ3n) is 6.60. The van der Waals surface area contributed by atoms with Crippen molar-refractivity contribution in [1.29, 1.82) is 0 Å². The van der Waals surface area contributed by atoms with Crippen LogP contribution < -0.4 is 9.64 Å². The number of morpholine rings is 1. The minimum absolute atomic E-state index is 0.133. The van der Waals surface area contributed by atoms with Crippen LogP contribution in [0.25, 0.3) is 5.57 Å². The van der Waals surface area contributed by atoms with Crippen LogP contribution in [0.4, 0.5) is 5.69 Å². The Kier molecular flexibility index (Phi) is 6.05. The summed E-state index contributed by atoms with van der Waals surface area (Å²) < 4.78 is 11.3. The predicted molar refractivity (Wildman–Crippen MR) is 122 cm³/mol. The standard InChI is InChI=1S/C26H30N2O3/c29-26-25(20-6-2-1-3-7-20)23-8-4-5-9-24(23)28(26)21-10-12-22(13-11-21)31-19-16-27-14-17-30-18-15-27/h1-3,6-7,10-13,24H,4-5,8-9,14-19H2. The van der Waals surface area contributed by atoms with Crippen LogP contribution in [-0.2, 0) is 9.53 Å². The second kappa shape index (κ2) is 9.25. The molecule has 2 aromatic carbocycles. The lowest BCUT2D eigenvalue weighted by molar-refractivity contribution is -0.113. The molecular weight excluding hydrogens is 388 g/mol. The van der Waals surface area contributed by atoms with E-state index in [4.69, 9.17) is 9.47 Å². The van der Waals surface area contributed by atoms with E-state index in [9.17, 15) is 4.79 Å². The zero-order chi connectivity index (χ0) is 21.0. The van der Waals surface area contributed by atoms with Crippen LogP contribution >= 0.6 is 0 Å². The van der Waals surface area contributed by atoms with Crippen molar-refractivity contribution in [2.45, 2.75) is 31.7 Å². The Hall–Kier alpha value is -2.63. The normalized spacial score (nSPS) is 22.0. The molecule has 0 spiro atoms. The van der Waals surface area contributed by atoms with Gasteiger partial charge in [0.25, 0.3) is 5.91 Å². The molecule has 5 heteroatoms. The minimum Gasteiger partial charge on any atom is -0.492 e. The van der Waals surface area contributed by atoms with E-state index in [0.29, 0.717) is 6.61 Å². The van der Waals surface area contributed by atoms with Crippen LogP contribution in [0.15, 0.2) is 60.2 Å². The number of anilines is 1. The average Bonchev–Trinajstić information content (AvgIpc) is 3.12. The molecule has 3 aliphatic rings. The fourth-order valence-electron chi connectivity index (χ4n) is 5.00. The number of nitrogens with zero attached hydrogens (tertiary/aromatic N) is 2. The van der Waals surface area contributed by atoms with Gasteiger partial charge in [-0.3, -0.25) is 9.69 Å². The summed E-state index contributed by atoms with van der Waals surface area (Å²) in [5.41, 5.74) is 4.23. The lowest BCUT2D eigenvalue weighted by atomic mass is 9.87. The van der Waals surface area contributed by atoms with Crippen LogP contribution in [0.3, 0.4) is 0 Å². The Morgan fingerprint density at radius 1 is 0.968 bits per heavy atom. The number of carbonyl (C=O) groups is 1. The van der Waals surface area contributed by atoms with Gasteiger partial charge >= 0.3 is 0 Å². The third kappa shape index (κ3) is 4.25. The van der Waals surface area contributed by atoms with E-state index < -0.39 is 0 Å². The van der Waals surface area contributed by atoms with Gasteiger partial charge < -0.3 is 14.4 Å². The number of rotatable bonds is 6. The van der Waals surface area contributed by atoms with Crippen LogP contribution in [0.1, 0.15) is 31.2 Å². The van der Waals surface area contributed by atoms with Crippen molar-refractivity contribution < 1.29 is 14.3 Å². The number of hydrogen-bond acceptors (Lipinski definition) is 4. The van der Waals surface area contributed by atoms with Gasteiger partial charge in [0.15, 0.2) is 0 Å². The highest BCUT2D eigenvalue weighted by Crippen LogP contribution is 2.43. The lowest BCUT2D eigenvalue weighted by Gasteiger charge is -2.30. The van der Waals surface area contributed by atoms with E-state index in [-0.39, 0.29) is 11.9 Å². The first kappa shape index (κ1) is 20.3. The molecule has 2 aromatic rings. The molecular formula is C26H30N2O3. The summed E-state index contributed by atoms with van der Waals surface area (Å²) in [6.07, 6.45) is 4.39. The van der Waals surface area contributed by atoms with Gasteiger partial charge in [-0.15, -0.1) is 0 Å². The average molecular weight is 419 g/mol. The maximum atomic E-state index is 13.5. The van der Waals surface area contributed by atoms with Crippen molar-refractivity contribution in [2.24, 2.45) is 0 Å². The molecule has 1 aliphatic carbocycles. The Bertz CT molecular complexity index is 933. The molecule has 1 saturated heterocycles. The summed E-state index contributed by atoms with van der Waals surface area (Å²) in [4.78, 5) is 17.9. The summed E-state index contributed by atoms with van der Waals surface area (Å²) in [7, 11) is 0. The first-order valence-electron chi connectivity index (χ1n) is 11.5. The van der Waals surface area contributed by atoms with Crippen molar-refractivity contribution in [1.82, 2.24) is 4.90 Å². The summed E-state index contributed by atoms with van der Waals surface area (Å²) in [6.45, 7) is 5.13. The zero-order valence-corrected chi connectivity index (χ0v) is 18.0. The first-order valence-corrected chi connectivity index (χ1v) is 11.5. The van der Waals surface area contributed by atoms with Gasteiger partial charge in [-0.25, -0.2) is 0 Å². The fourth-order valence-corrected chi connectivity index (χ4v) is 5.00. The molecule has 1 unspecified atom stereocenters. The highest BCUT2D eigenvalue weighted by molar-refractivity contribution is 6.30. The second-order valence-corrected chi connectivity index (χ2v) is 8.50. The van der Waals surface area contributed by atoms with Crippen LogP contribution in [0.2, 0.25) is 0 Å². The van der Waals surface area contributed by atoms with Gasteiger partial charge in [0.2, 0.25) is 0 Å². The molecule has 2 heterocycles. The fraction of sp³-hybridized carbons (Fsp3) is 0.423. The Balaban J connectivity index is 1.29. The number of amides is 1. The summed E-state index contributed by atoms with van der Waals surface area (Å²) >= 11 is 0. The van der Waals surface area contributed by atoms with E-state index in [1.165, 1.54) is 18.4 Å². The largest absolute Gasteiger partial charge is 0.492 e. The van der Waals surface area contributed by atoms with Crippen molar-refractivity contribution in [2.75, 3.05) is 44.4 Å². The van der Waals surface area contributed by atoms with E-state index in [2.05, 4.69) is 17.0 Å². The molecule has 162 valence electrons. The van der Waals surface area contributed by atoms with Gasteiger partial charge in [0, 0.05) is 30.9 Å². The van der Waals surface area contributed by atoms with Crippen LogP contribution in [0.5, 0.6) is 5.75 Å². The highest BCUT2D eigenvalue weighted by atomic mass is 16.5. The van der Waals surface area contributed by atoms with Gasteiger partial charge in [-0.1, -0.05) is 36.8 Å². The summed E-state index contributed by atoms with van der Waals surface area (Å²) in [6, 6.07) is 18.4. The van der Waals surface area contributed by atoms with E-state index in [1.54, 1.807) is 0 Å². The molecule has 1 atom stereocenters. The number of ether oxygens (including phenoxy) is 2. The quantitative estimate of drug-likeness (QED) is 0.707. The van der Waals surface area contributed by atoms with Crippen LogP contribution in [-0.4, -0.2) is 56.3 Å². The topological polar surface area (TPSA) is 42.0 Å². The number of hydrogen-bond donors (Lipinski definition) is 0. The molecule has 0 bridgehead atoms. The molecule has 2 fully saturated rings. The number of carbonyl (C=O) groups excluding carboxylic acids is 1. The number of benzene rings is 2. The molecule has 5 nitrogen and oxygen atoms in total. The Morgan fingerprint density at radius 3 is 2.52 bits per heavy atom. The van der Waals surface area contributed by atoms with E-state index >= 15 is 0 Å². The van der Waals surface area contributed by atoms with E-state index in [1.807, 2.05) is 47.4 Å². The van der Waals surface area contributed by atoms with Crippen molar-refractivity contribution >= 4 is 17.2 Å². The molecule has 0 aromatic heterocycles. The third-order valence-corrected chi connectivity index (χ3v) is 6.60.